The van der Waals surface area contributed by atoms with Crippen LogP contribution >= 0.6 is 11.3 Å². The molecule has 0 spiro atoms. The summed E-state index contributed by atoms with van der Waals surface area (Å²) in [5.41, 5.74) is 2.00. The van der Waals surface area contributed by atoms with Crippen molar-refractivity contribution in [2.24, 2.45) is 7.05 Å². The van der Waals surface area contributed by atoms with E-state index in [0.717, 1.165) is 5.39 Å². The predicted molar refractivity (Wildman–Crippen MR) is 121 cm³/mol. The van der Waals surface area contributed by atoms with E-state index in [1.165, 1.54) is 28.2 Å². The van der Waals surface area contributed by atoms with Crippen molar-refractivity contribution in [3.8, 4) is 22.8 Å². The summed E-state index contributed by atoms with van der Waals surface area (Å²) >= 11 is 1.36. The summed E-state index contributed by atoms with van der Waals surface area (Å²) in [7, 11) is 1.61. The summed E-state index contributed by atoms with van der Waals surface area (Å²) in [5, 5.41) is 17.7. The number of aromatic nitrogens is 2. The predicted octanol–water partition coefficient (Wildman–Crippen LogP) is 5.44. The van der Waals surface area contributed by atoms with E-state index in [0.29, 0.717) is 44.1 Å². The molecule has 0 radical (unpaired) electrons. The first-order valence-electron chi connectivity index (χ1n) is 9.82. The van der Waals surface area contributed by atoms with Crippen molar-refractivity contribution in [1.82, 2.24) is 9.78 Å². The average molecular weight is 439 g/mol. The van der Waals surface area contributed by atoms with Gasteiger partial charge >= 0.3 is 0 Å². The Morgan fingerprint density at radius 3 is 2.45 bits per heavy atom. The van der Waals surface area contributed by atoms with E-state index in [1.54, 1.807) is 46.9 Å². The van der Waals surface area contributed by atoms with Crippen molar-refractivity contribution >= 4 is 21.4 Å². The fourth-order valence-corrected chi connectivity index (χ4v) is 4.47. The zero-order chi connectivity index (χ0) is 22.5. The largest absolute Gasteiger partial charge is 0.456 e. The molecule has 2 heterocycles. The lowest BCUT2D eigenvalue weighted by atomic mass is 9.94. The summed E-state index contributed by atoms with van der Waals surface area (Å²) in [6, 6.07) is 10.1. The van der Waals surface area contributed by atoms with Crippen LogP contribution in [0.15, 0.2) is 46.6 Å². The standard InChI is InChI=1S/C24H23FN2O3S/c1-13-10-16(25)11-14(2)21(13)30-19-7-6-15(24(3,4)29)12-18(19)20-17-8-9-31-22(17)23(28)27(5)26-20/h6-12,29H,1-5H3. The van der Waals surface area contributed by atoms with Gasteiger partial charge in [-0.05, 0) is 80.1 Å². The Morgan fingerprint density at radius 2 is 1.81 bits per heavy atom. The van der Waals surface area contributed by atoms with Crippen LogP contribution in [-0.2, 0) is 12.6 Å². The highest BCUT2D eigenvalue weighted by atomic mass is 32.1. The minimum Gasteiger partial charge on any atom is -0.456 e. The Kier molecular flexibility index (Phi) is 5.19. The van der Waals surface area contributed by atoms with Gasteiger partial charge in [-0.25, -0.2) is 9.07 Å². The zero-order valence-electron chi connectivity index (χ0n) is 18.0. The maximum atomic E-state index is 13.8. The SMILES string of the molecule is Cc1cc(F)cc(C)c1Oc1ccc(C(C)(C)O)cc1-c1nn(C)c(=O)c2sccc12. The normalized spacial score (nSPS) is 11.8. The van der Waals surface area contributed by atoms with Crippen LogP contribution in [0.4, 0.5) is 4.39 Å². The van der Waals surface area contributed by atoms with E-state index >= 15 is 0 Å². The molecule has 5 nitrogen and oxygen atoms in total. The van der Waals surface area contributed by atoms with Gasteiger partial charge < -0.3 is 9.84 Å². The molecule has 0 fully saturated rings. The Balaban J connectivity index is 1.98. The molecule has 31 heavy (non-hydrogen) atoms. The van der Waals surface area contributed by atoms with Crippen LogP contribution in [0.1, 0.15) is 30.5 Å². The molecule has 1 N–H and O–H groups in total. The number of fused-ring (bicyclic) bond motifs is 1. The lowest BCUT2D eigenvalue weighted by molar-refractivity contribution is 0.0786. The van der Waals surface area contributed by atoms with E-state index < -0.39 is 5.60 Å². The smallest absolute Gasteiger partial charge is 0.284 e. The second-order valence-corrected chi connectivity index (χ2v) is 9.10. The van der Waals surface area contributed by atoms with Crippen molar-refractivity contribution in [1.29, 1.82) is 0 Å². The first-order valence-corrected chi connectivity index (χ1v) is 10.7. The quantitative estimate of drug-likeness (QED) is 0.461. The van der Waals surface area contributed by atoms with Gasteiger partial charge in [0.15, 0.2) is 0 Å². The fraction of sp³-hybridized carbons (Fsp3) is 0.250. The molecule has 0 aliphatic heterocycles. The molecule has 4 rings (SSSR count). The lowest BCUT2D eigenvalue weighted by Crippen LogP contribution is -2.20. The summed E-state index contributed by atoms with van der Waals surface area (Å²) in [4.78, 5) is 12.5. The van der Waals surface area contributed by atoms with Crippen LogP contribution < -0.4 is 10.3 Å². The van der Waals surface area contributed by atoms with Crippen LogP contribution in [0.2, 0.25) is 0 Å². The van der Waals surface area contributed by atoms with Gasteiger partial charge in [0.05, 0.1) is 5.60 Å². The maximum absolute atomic E-state index is 13.8. The molecule has 2 aromatic carbocycles. The number of benzene rings is 2. The topological polar surface area (TPSA) is 64.3 Å². The van der Waals surface area contributed by atoms with Crippen molar-refractivity contribution in [3.05, 3.63) is 74.6 Å². The van der Waals surface area contributed by atoms with Gasteiger partial charge in [-0.1, -0.05) is 6.07 Å². The zero-order valence-corrected chi connectivity index (χ0v) is 18.8. The molecule has 160 valence electrons. The molecule has 0 saturated heterocycles. The highest BCUT2D eigenvalue weighted by molar-refractivity contribution is 7.17. The number of aliphatic hydroxyl groups is 1. The van der Waals surface area contributed by atoms with Crippen LogP contribution in [0.25, 0.3) is 21.3 Å². The van der Waals surface area contributed by atoms with E-state index in [9.17, 15) is 14.3 Å². The van der Waals surface area contributed by atoms with Crippen LogP contribution in [0.3, 0.4) is 0 Å². The first-order chi connectivity index (χ1) is 14.6. The van der Waals surface area contributed by atoms with Crippen molar-refractivity contribution in [3.63, 3.8) is 0 Å². The Morgan fingerprint density at radius 1 is 1.13 bits per heavy atom. The van der Waals surface area contributed by atoms with Gasteiger partial charge in [0.2, 0.25) is 0 Å². The number of halogens is 1. The van der Waals surface area contributed by atoms with Crippen molar-refractivity contribution in [2.45, 2.75) is 33.3 Å². The number of rotatable bonds is 4. The van der Waals surface area contributed by atoms with E-state index in [4.69, 9.17) is 4.74 Å². The van der Waals surface area contributed by atoms with Crippen molar-refractivity contribution < 1.29 is 14.2 Å². The van der Waals surface area contributed by atoms with Crippen LogP contribution in [0.5, 0.6) is 11.5 Å². The Labute approximate surface area is 183 Å². The van der Waals surface area contributed by atoms with Gasteiger partial charge in [0.25, 0.3) is 5.56 Å². The van der Waals surface area contributed by atoms with Gasteiger partial charge in [0, 0.05) is 18.0 Å². The lowest BCUT2D eigenvalue weighted by Gasteiger charge is -2.21. The molecule has 0 aliphatic carbocycles. The summed E-state index contributed by atoms with van der Waals surface area (Å²) in [6.45, 7) is 6.99. The summed E-state index contributed by atoms with van der Waals surface area (Å²) in [6.07, 6.45) is 0. The highest BCUT2D eigenvalue weighted by Gasteiger charge is 2.22. The number of nitrogens with zero attached hydrogens (tertiary/aromatic N) is 2. The van der Waals surface area contributed by atoms with Crippen LogP contribution in [-0.4, -0.2) is 14.9 Å². The average Bonchev–Trinajstić information content (AvgIpc) is 3.17. The molecule has 0 aliphatic rings. The highest BCUT2D eigenvalue weighted by Crippen LogP contribution is 2.40. The number of hydrogen-bond donors (Lipinski definition) is 1. The summed E-state index contributed by atoms with van der Waals surface area (Å²) in [5.74, 6) is 0.745. The van der Waals surface area contributed by atoms with Crippen LogP contribution in [0, 0.1) is 19.7 Å². The number of thiophene rings is 1. The molecule has 7 heteroatoms. The Hall–Kier alpha value is -3.03. The molecule has 0 amide bonds. The first kappa shape index (κ1) is 21.2. The molecule has 2 aromatic heterocycles. The molecule has 0 saturated carbocycles. The minimum absolute atomic E-state index is 0.167. The van der Waals surface area contributed by atoms with Gasteiger partial charge in [-0.3, -0.25) is 4.79 Å². The van der Waals surface area contributed by atoms with Crippen molar-refractivity contribution in [2.75, 3.05) is 0 Å². The van der Waals surface area contributed by atoms with E-state index in [1.807, 2.05) is 17.5 Å². The van der Waals surface area contributed by atoms with E-state index in [2.05, 4.69) is 5.10 Å². The molecule has 0 atom stereocenters. The molecular weight excluding hydrogens is 415 g/mol. The number of ether oxygens (including phenoxy) is 1. The third-order valence-electron chi connectivity index (χ3n) is 5.24. The van der Waals surface area contributed by atoms with E-state index in [-0.39, 0.29) is 11.4 Å². The third-order valence-corrected chi connectivity index (χ3v) is 6.14. The molecule has 0 bridgehead atoms. The van der Waals surface area contributed by atoms with Gasteiger partial charge in [0.1, 0.15) is 27.7 Å². The second kappa shape index (κ2) is 7.59. The number of hydrogen-bond acceptors (Lipinski definition) is 5. The third kappa shape index (κ3) is 3.86. The fourth-order valence-electron chi connectivity index (χ4n) is 3.61. The molecular formula is C24H23FN2O3S. The number of aryl methyl sites for hydroxylation is 3. The minimum atomic E-state index is -1.08. The second-order valence-electron chi connectivity index (χ2n) is 8.18. The summed E-state index contributed by atoms with van der Waals surface area (Å²) < 4.78 is 22.0. The Bertz CT molecular complexity index is 1340. The maximum Gasteiger partial charge on any atom is 0.284 e. The molecule has 0 unspecified atom stereocenters. The van der Waals surface area contributed by atoms with Gasteiger partial charge in [-0.15, -0.1) is 11.3 Å². The molecule has 4 aromatic rings. The van der Waals surface area contributed by atoms with Gasteiger partial charge in [-0.2, -0.15) is 5.10 Å². The monoisotopic (exact) mass is 438 g/mol.